The van der Waals surface area contributed by atoms with Gasteiger partial charge >= 0.3 is 20.1 Å². The molecule has 2 aliphatic carbocycles. The monoisotopic (exact) mass is 486 g/mol. The van der Waals surface area contributed by atoms with Crippen molar-refractivity contribution in [3.8, 4) is 0 Å². The molecule has 0 bridgehead atoms. The first-order chi connectivity index (χ1) is 14.6. The zero-order valence-electron chi connectivity index (χ0n) is 19.3. The van der Waals surface area contributed by atoms with Crippen LogP contribution in [0.1, 0.15) is 91.9 Å². The Morgan fingerprint density at radius 3 is 1.22 bits per heavy atom. The van der Waals surface area contributed by atoms with Crippen LogP contribution in [0.25, 0.3) is 0 Å². The molecule has 0 unspecified atom stereocenters. The van der Waals surface area contributed by atoms with Crippen LogP contribution in [0.5, 0.6) is 0 Å². The molecule has 0 aliphatic heterocycles. The third kappa shape index (κ3) is 6.20. The van der Waals surface area contributed by atoms with Crippen LogP contribution in [-0.4, -0.2) is 34.6 Å². The Bertz CT molecular complexity index is 653. The number of ketones is 2. The summed E-state index contributed by atoms with van der Waals surface area (Å²) < 4.78 is 81.5. The summed E-state index contributed by atoms with van der Waals surface area (Å²) >= 11 is 0. The van der Waals surface area contributed by atoms with Gasteiger partial charge < -0.3 is 0 Å². The highest BCUT2D eigenvalue weighted by Crippen LogP contribution is 2.45. The van der Waals surface area contributed by atoms with Gasteiger partial charge in [-0.3, -0.25) is 23.2 Å². The van der Waals surface area contributed by atoms with Crippen molar-refractivity contribution in [2.45, 2.75) is 115 Å². The average Bonchev–Trinajstić information content (AvgIpc) is 2.72. The van der Waals surface area contributed by atoms with Gasteiger partial charge in [0.2, 0.25) is 11.6 Å². The van der Waals surface area contributed by atoms with E-state index in [4.69, 9.17) is 9.05 Å². The molecule has 0 radical (unpaired) electrons. The van der Waals surface area contributed by atoms with Gasteiger partial charge in [0.05, 0.1) is 0 Å². The molecular weight excluding hydrogens is 451 g/mol. The number of carbonyl (C=O) groups is 2. The number of alkyl halides is 4. The molecular formula is C22H35F4O5P. The molecule has 2 rings (SSSR count). The second-order valence-corrected chi connectivity index (χ2v) is 11.0. The highest BCUT2D eigenvalue weighted by atomic mass is 31.1. The summed E-state index contributed by atoms with van der Waals surface area (Å²) in [6.45, 7) is 4.18. The van der Waals surface area contributed by atoms with Crippen molar-refractivity contribution < 1.29 is 40.8 Å². The summed E-state index contributed by atoms with van der Waals surface area (Å²) in [6.07, 6.45) is 4.88. The summed E-state index contributed by atoms with van der Waals surface area (Å²) in [5, 5.41) is 0. The number of rotatable bonds is 10. The largest absolute Gasteiger partial charge is 0.321 e. The van der Waals surface area contributed by atoms with E-state index >= 15 is 0 Å². The maximum Gasteiger partial charge on any atom is 0.321 e. The first-order valence-corrected chi connectivity index (χ1v) is 12.6. The van der Waals surface area contributed by atoms with Gasteiger partial charge in [0.1, 0.15) is 11.2 Å². The summed E-state index contributed by atoms with van der Waals surface area (Å²) in [4.78, 5) is 25.1. The van der Waals surface area contributed by atoms with Gasteiger partial charge in [-0.05, 0) is 53.4 Å². The molecule has 0 N–H and O–H groups in total. The zero-order chi connectivity index (χ0) is 24.4. The third-order valence-electron chi connectivity index (χ3n) is 6.61. The van der Waals surface area contributed by atoms with Crippen molar-refractivity contribution in [3.05, 3.63) is 0 Å². The fourth-order valence-electron chi connectivity index (χ4n) is 4.63. The lowest BCUT2D eigenvalue weighted by atomic mass is 9.80. The Kier molecular flexibility index (Phi) is 8.77. The molecule has 0 aromatic carbocycles. The van der Waals surface area contributed by atoms with Crippen molar-refractivity contribution in [1.29, 1.82) is 0 Å². The van der Waals surface area contributed by atoms with E-state index in [1.165, 1.54) is 0 Å². The molecule has 0 heterocycles. The van der Waals surface area contributed by atoms with Crippen molar-refractivity contribution in [2.24, 2.45) is 11.8 Å². The van der Waals surface area contributed by atoms with Crippen LogP contribution in [0, 0.1) is 11.8 Å². The number of hydrogen-bond acceptors (Lipinski definition) is 5. The molecule has 2 fully saturated rings. The number of carbonyl (C=O) groups excluding carboxylic acids is 2. The Morgan fingerprint density at radius 2 is 0.938 bits per heavy atom. The Labute approximate surface area is 187 Å². The van der Waals surface area contributed by atoms with Gasteiger partial charge in [-0.25, -0.2) is 0 Å². The molecule has 0 aromatic heterocycles. The van der Waals surface area contributed by atoms with Gasteiger partial charge in [0, 0.05) is 11.8 Å². The maximum absolute atomic E-state index is 14.8. The normalized spacial score (nSPS) is 20.5. The predicted octanol–water partition coefficient (Wildman–Crippen LogP) is 6.54. The van der Waals surface area contributed by atoms with Crippen LogP contribution >= 0.6 is 8.25 Å². The predicted molar refractivity (Wildman–Crippen MR) is 112 cm³/mol. The van der Waals surface area contributed by atoms with Crippen LogP contribution in [0.2, 0.25) is 0 Å². The van der Waals surface area contributed by atoms with Gasteiger partial charge in [0.25, 0.3) is 0 Å². The molecule has 32 heavy (non-hydrogen) atoms. The molecule has 0 spiro atoms. The summed E-state index contributed by atoms with van der Waals surface area (Å²) in [7, 11) is -3.73. The Balaban J connectivity index is 2.05. The minimum atomic E-state index is -3.73. The molecule has 2 aliphatic rings. The van der Waals surface area contributed by atoms with E-state index in [-0.39, 0.29) is 25.7 Å². The van der Waals surface area contributed by atoms with E-state index in [2.05, 4.69) is 0 Å². The van der Waals surface area contributed by atoms with Gasteiger partial charge in [0.15, 0.2) is 0 Å². The van der Waals surface area contributed by atoms with Gasteiger partial charge in [-0.2, -0.15) is 17.6 Å². The number of hydrogen-bond donors (Lipinski definition) is 0. The van der Waals surface area contributed by atoms with E-state index in [1.54, 1.807) is 0 Å². The van der Waals surface area contributed by atoms with E-state index in [1.807, 2.05) is 0 Å². The molecule has 10 heteroatoms. The zero-order valence-corrected chi connectivity index (χ0v) is 20.3. The summed E-state index contributed by atoms with van der Waals surface area (Å²) in [5.74, 6) is -12.7. The van der Waals surface area contributed by atoms with Gasteiger partial charge in [-0.15, -0.1) is 0 Å². The Morgan fingerprint density at radius 1 is 0.656 bits per heavy atom. The molecule has 2 saturated carbocycles. The van der Waals surface area contributed by atoms with Crippen molar-refractivity contribution >= 4 is 19.8 Å². The smallest absolute Gasteiger partial charge is 0.296 e. The quantitative estimate of drug-likeness (QED) is 0.259. The number of Topliss-reactive ketones (excluding diaryl/α,β-unsaturated/α-hetero) is 2. The minimum Gasteiger partial charge on any atom is -0.296 e. The minimum absolute atomic E-state index is 0.207. The highest BCUT2D eigenvalue weighted by Gasteiger charge is 2.56. The fraction of sp³-hybridized carbons (Fsp3) is 0.909. The molecule has 5 nitrogen and oxygen atoms in total. The first-order valence-electron chi connectivity index (χ1n) is 11.4. The van der Waals surface area contributed by atoms with Gasteiger partial charge in [-0.1, -0.05) is 38.5 Å². The van der Waals surface area contributed by atoms with Crippen LogP contribution in [-0.2, 0) is 23.2 Å². The lowest BCUT2D eigenvalue weighted by Gasteiger charge is -2.36. The fourth-order valence-corrected chi connectivity index (χ4v) is 5.69. The summed E-state index contributed by atoms with van der Waals surface area (Å²) in [6, 6.07) is 0. The van der Waals surface area contributed by atoms with E-state index in [0.29, 0.717) is 25.7 Å². The average molecular weight is 486 g/mol. The Hall–Kier alpha value is -0.790. The topological polar surface area (TPSA) is 69.7 Å². The highest BCUT2D eigenvalue weighted by molar-refractivity contribution is 7.33. The summed E-state index contributed by atoms with van der Waals surface area (Å²) in [5.41, 5.74) is -4.36. The van der Waals surface area contributed by atoms with Crippen LogP contribution in [0.15, 0.2) is 0 Å². The second-order valence-electron chi connectivity index (χ2n) is 10.0. The van der Waals surface area contributed by atoms with Crippen LogP contribution in [0.3, 0.4) is 0 Å². The first kappa shape index (κ1) is 27.5. The molecule has 0 atom stereocenters. The molecule has 0 aromatic rings. The lowest BCUT2D eigenvalue weighted by molar-refractivity contribution is -0.171. The molecule has 0 amide bonds. The van der Waals surface area contributed by atoms with Crippen molar-refractivity contribution in [3.63, 3.8) is 0 Å². The van der Waals surface area contributed by atoms with Crippen LogP contribution in [0.4, 0.5) is 17.6 Å². The lowest BCUT2D eigenvalue weighted by Crippen LogP contribution is -2.51. The molecule has 0 saturated heterocycles. The standard InChI is InChI=1S/C22H35F4O5P/c1-19(2,17(27)21(23,24)15-11-7-5-8-12-15)30-32(29)31-20(3,4)18(28)22(25,26)16-13-9-6-10-14-16/h15-16,32H,5-14H2,1-4H3. The number of halogens is 4. The van der Waals surface area contributed by atoms with Crippen molar-refractivity contribution in [1.82, 2.24) is 0 Å². The van der Waals surface area contributed by atoms with Crippen molar-refractivity contribution in [2.75, 3.05) is 0 Å². The molecule has 186 valence electrons. The van der Waals surface area contributed by atoms with E-state index in [0.717, 1.165) is 40.5 Å². The third-order valence-corrected chi connectivity index (χ3v) is 7.97. The maximum atomic E-state index is 14.8. The SMILES string of the molecule is CC(C)(O[PH](=O)OC(C)(C)C(=O)C(F)(F)C1CCCCC1)C(=O)C(F)(F)C1CCCCC1. The second kappa shape index (κ2) is 10.2. The van der Waals surface area contributed by atoms with E-state index < -0.39 is 54.7 Å². The van der Waals surface area contributed by atoms with Crippen LogP contribution < -0.4 is 0 Å². The van der Waals surface area contributed by atoms with E-state index in [9.17, 15) is 31.7 Å².